The SMILES string of the molecule is Brc1cncc(CSc2cccc(CNC3CC3)c2)c1. The minimum absolute atomic E-state index is 0.763. The molecule has 0 saturated heterocycles. The van der Waals surface area contributed by atoms with Gasteiger partial charge in [-0.1, -0.05) is 12.1 Å². The number of hydrogen-bond acceptors (Lipinski definition) is 3. The van der Waals surface area contributed by atoms with E-state index in [0.717, 1.165) is 22.8 Å². The van der Waals surface area contributed by atoms with Gasteiger partial charge in [0.2, 0.25) is 0 Å². The van der Waals surface area contributed by atoms with Crippen molar-refractivity contribution in [3.63, 3.8) is 0 Å². The van der Waals surface area contributed by atoms with Gasteiger partial charge in [-0.15, -0.1) is 11.8 Å². The van der Waals surface area contributed by atoms with Gasteiger partial charge in [0.05, 0.1) is 0 Å². The third-order valence-electron chi connectivity index (χ3n) is 3.24. The second-order valence-corrected chi connectivity index (χ2v) is 7.07. The van der Waals surface area contributed by atoms with Gasteiger partial charge in [0, 0.05) is 40.1 Å². The summed E-state index contributed by atoms with van der Waals surface area (Å²) in [6.07, 6.45) is 6.42. The van der Waals surface area contributed by atoms with Crippen molar-refractivity contribution < 1.29 is 0 Å². The van der Waals surface area contributed by atoms with E-state index in [1.54, 1.807) is 0 Å². The maximum Gasteiger partial charge on any atom is 0.0410 e. The van der Waals surface area contributed by atoms with Crippen LogP contribution in [0.2, 0.25) is 0 Å². The summed E-state index contributed by atoms with van der Waals surface area (Å²) in [7, 11) is 0. The zero-order valence-electron chi connectivity index (χ0n) is 11.2. The number of halogens is 1. The molecule has 1 aromatic carbocycles. The van der Waals surface area contributed by atoms with Gasteiger partial charge < -0.3 is 5.32 Å². The Labute approximate surface area is 132 Å². The molecule has 0 amide bonds. The quantitative estimate of drug-likeness (QED) is 0.783. The summed E-state index contributed by atoms with van der Waals surface area (Å²) in [6, 6.07) is 11.7. The van der Waals surface area contributed by atoms with E-state index >= 15 is 0 Å². The maximum atomic E-state index is 4.20. The van der Waals surface area contributed by atoms with Crippen LogP contribution in [-0.4, -0.2) is 11.0 Å². The Balaban J connectivity index is 1.57. The lowest BCUT2D eigenvalue weighted by Crippen LogP contribution is -2.15. The number of hydrogen-bond donors (Lipinski definition) is 1. The molecule has 1 N–H and O–H groups in total. The van der Waals surface area contributed by atoms with Gasteiger partial charge in [-0.2, -0.15) is 0 Å². The number of thioether (sulfide) groups is 1. The summed E-state index contributed by atoms with van der Waals surface area (Å²) >= 11 is 5.32. The highest BCUT2D eigenvalue weighted by Crippen LogP contribution is 2.25. The summed E-state index contributed by atoms with van der Waals surface area (Å²) in [5.41, 5.74) is 2.61. The standard InChI is InChI=1S/C16H17BrN2S/c17-14-6-13(8-18-10-14)11-20-16-3-1-2-12(7-16)9-19-15-4-5-15/h1-3,6-8,10,15,19H,4-5,9,11H2. The molecule has 20 heavy (non-hydrogen) atoms. The monoisotopic (exact) mass is 348 g/mol. The molecule has 4 heteroatoms. The van der Waals surface area contributed by atoms with Crippen molar-refractivity contribution >= 4 is 27.7 Å². The van der Waals surface area contributed by atoms with Crippen LogP contribution in [0, 0.1) is 0 Å². The minimum Gasteiger partial charge on any atom is -0.310 e. The third-order valence-corrected chi connectivity index (χ3v) is 4.74. The molecule has 0 spiro atoms. The number of benzene rings is 1. The van der Waals surface area contributed by atoms with Crippen molar-refractivity contribution in [3.05, 3.63) is 58.3 Å². The molecule has 0 atom stereocenters. The average Bonchev–Trinajstić information content (AvgIpc) is 3.28. The molecule has 1 heterocycles. The predicted molar refractivity (Wildman–Crippen MR) is 87.8 cm³/mol. The van der Waals surface area contributed by atoms with Crippen molar-refractivity contribution in [1.29, 1.82) is 0 Å². The molecule has 1 aliphatic rings. The molecule has 3 rings (SSSR count). The fourth-order valence-corrected chi connectivity index (χ4v) is 3.31. The van der Waals surface area contributed by atoms with Gasteiger partial charge >= 0.3 is 0 Å². The molecule has 2 aromatic rings. The summed E-state index contributed by atoms with van der Waals surface area (Å²) in [5, 5.41) is 3.56. The molecule has 1 aromatic heterocycles. The van der Waals surface area contributed by atoms with Crippen LogP contribution in [0.25, 0.3) is 0 Å². The smallest absolute Gasteiger partial charge is 0.0410 e. The van der Waals surface area contributed by atoms with Gasteiger partial charge in [0.25, 0.3) is 0 Å². The van der Waals surface area contributed by atoms with E-state index in [1.807, 2.05) is 24.2 Å². The normalized spacial score (nSPS) is 14.4. The van der Waals surface area contributed by atoms with Crippen LogP contribution in [0.3, 0.4) is 0 Å². The van der Waals surface area contributed by atoms with Crippen LogP contribution < -0.4 is 5.32 Å². The van der Waals surface area contributed by atoms with Gasteiger partial charge in [0.1, 0.15) is 0 Å². The van der Waals surface area contributed by atoms with Crippen molar-refractivity contribution in [3.8, 4) is 0 Å². The van der Waals surface area contributed by atoms with E-state index in [-0.39, 0.29) is 0 Å². The lowest BCUT2D eigenvalue weighted by atomic mass is 10.2. The maximum absolute atomic E-state index is 4.20. The van der Waals surface area contributed by atoms with Crippen molar-refractivity contribution in [2.75, 3.05) is 0 Å². The van der Waals surface area contributed by atoms with Gasteiger partial charge in [-0.05, 0) is 58.1 Å². The Morgan fingerprint density at radius 3 is 2.90 bits per heavy atom. The first-order valence-electron chi connectivity index (χ1n) is 6.84. The van der Waals surface area contributed by atoms with Gasteiger partial charge in [0.15, 0.2) is 0 Å². The number of nitrogens with zero attached hydrogens (tertiary/aromatic N) is 1. The van der Waals surface area contributed by atoms with E-state index in [9.17, 15) is 0 Å². The Kier molecular flexibility index (Phi) is 4.76. The molecule has 104 valence electrons. The van der Waals surface area contributed by atoms with Crippen LogP contribution in [0.1, 0.15) is 24.0 Å². The Morgan fingerprint density at radius 2 is 2.10 bits per heavy atom. The lowest BCUT2D eigenvalue weighted by molar-refractivity contribution is 0.687. The van der Waals surface area contributed by atoms with Crippen LogP contribution in [0.4, 0.5) is 0 Å². The highest BCUT2D eigenvalue weighted by molar-refractivity contribution is 9.10. The summed E-state index contributed by atoms with van der Waals surface area (Å²) in [4.78, 5) is 5.52. The number of nitrogens with one attached hydrogen (secondary N) is 1. The van der Waals surface area contributed by atoms with Crippen LogP contribution in [0.5, 0.6) is 0 Å². The Hall–Kier alpha value is -0.840. The third kappa shape index (κ3) is 4.33. The van der Waals surface area contributed by atoms with Crippen LogP contribution >= 0.6 is 27.7 Å². The van der Waals surface area contributed by atoms with E-state index in [1.165, 1.54) is 28.9 Å². The van der Waals surface area contributed by atoms with Gasteiger partial charge in [-0.25, -0.2) is 0 Å². The first kappa shape index (κ1) is 14.1. The number of pyridine rings is 1. The van der Waals surface area contributed by atoms with E-state index in [0.29, 0.717) is 0 Å². The van der Waals surface area contributed by atoms with Crippen molar-refractivity contribution in [1.82, 2.24) is 10.3 Å². The molecule has 1 fully saturated rings. The topological polar surface area (TPSA) is 24.9 Å². The molecule has 2 nitrogen and oxygen atoms in total. The second kappa shape index (κ2) is 6.74. The van der Waals surface area contributed by atoms with Crippen molar-refractivity contribution in [2.24, 2.45) is 0 Å². The van der Waals surface area contributed by atoms with Crippen LogP contribution in [-0.2, 0) is 12.3 Å². The second-order valence-electron chi connectivity index (χ2n) is 5.10. The molecule has 1 saturated carbocycles. The Bertz CT molecular complexity index is 584. The molecule has 0 bridgehead atoms. The van der Waals surface area contributed by atoms with E-state index in [2.05, 4.69) is 56.6 Å². The Morgan fingerprint density at radius 1 is 1.20 bits per heavy atom. The molecule has 0 aliphatic heterocycles. The lowest BCUT2D eigenvalue weighted by Gasteiger charge is -2.06. The number of aromatic nitrogens is 1. The summed E-state index contributed by atoms with van der Waals surface area (Å²) in [5.74, 6) is 0.950. The molecule has 0 radical (unpaired) electrons. The minimum atomic E-state index is 0.763. The summed E-state index contributed by atoms with van der Waals surface area (Å²) < 4.78 is 1.04. The highest BCUT2D eigenvalue weighted by atomic mass is 79.9. The summed E-state index contributed by atoms with van der Waals surface area (Å²) in [6.45, 7) is 0.984. The van der Waals surface area contributed by atoms with Crippen LogP contribution in [0.15, 0.2) is 52.1 Å². The fraction of sp³-hybridized carbons (Fsp3) is 0.312. The predicted octanol–water partition coefficient (Wildman–Crippen LogP) is 4.39. The zero-order valence-corrected chi connectivity index (χ0v) is 13.6. The van der Waals surface area contributed by atoms with E-state index < -0.39 is 0 Å². The number of rotatable bonds is 6. The molecule has 0 unspecified atom stereocenters. The van der Waals surface area contributed by atoms with Gasteiger partial charge in [-0.3, -0.25) is 4.98 Å². The molecular formula is C16H17BrN2S. The highest BCUT2D eigenvalue weighted by Gasteiger charge is 2.19. The first-order valence-corrected chi connectivity index (χ1v) is 8.62. The average molecular weight is 349 g/mol. The first-order chi connectivity index (χ1) is 9.79. The molecular weight excluding hydrogens is 332 g/mol. The zero-order chi connectivity index (χ0) is 13.8. The molecule has 1 aliphatic carbocycles. The largest absolute Gasteiger partial charge is 0.310 e. The van der Waals surface area contributed by atoms with Crippen molar-refractivity contribution in [2.45, 2.75) is 36.1 Å². The fourth-order valence-electron chi connectivity index (χ4n) is 2.00. The van der Waals surface area contributed by atoms with E-state index in [4.69, 9.17) is 0 Å².